The Morgan fingerprint density at radius 3 is 2.24 bits per heavy atom. The van der Waals surface area contributed by atoms with Gasteiger partial charge in [-0.2, -0.15) is 0 Å². The van der Waals surface area contributed by atoms with Crippen molar-refractivity contribution in [3.05, 3.63) is 28.3 Å². The normalized spacial score (nSPS) is 18.8. The van der Waals surface area contributed by atoms with Crippen molar-refractivity contribution in [1.82, 2.24) is 0 Å². The van der Waals surface area contributed by atoms with Crippen molar-refractivity contribution in [2.45, 2.75) is 36.6 Å². The molecule has 1 aromatic carbocycles. The summed E-state index contributed by atoms with van der Waals surface area (Å²) in [7, 11) is -3.44. The van der Waals surface area contributed by atoms with E-state index >= 15 is 0 Å². The summed E-state index contributed by atoms with van der Waals surface area (Å²) in [5.74, 6) is 1.21. The second-order valence-corrected chi connectivity index (χ2v) is 8.07. The van der Waals surface area contributed by atoms with Gasteiger partial charge in [-0.25, -0.2) is 8.42 Å². The average molecular weight is 310 g/mol. The van der Waals surface area contributed by atoms with Gasteiger partial charge < -0.3 is 5.32 Å². The molecule has 3 rings (SSSR count). The van der Waals surface area contributed by atoms with E-state index in [1.807, 2.05) is 0 Å². The first-order chi connectivity index (χ1) is 9.86. The fourth-order valence-electron chi connectivity index (χ4n) is 2.73. The largest absolute Gasteiger partial charge is 0.376 e. The number of benzene rings is 1. The lowest BCUT2D eigenvalue weighted by Crippen LogP contribution is -2.24. The summed E-state index contributed by atoms with van der Waals surface area (Å²) in [4.78, 5) is 10.7. The maximum absolute atomic E-state index is 11.5. The van der Waals surface area contributed by atoms with Crippen molar-refractivity contribution >= 4 is 21.2 Å². The molecule has 0 aliphatic heterocycles. The van der Waals surface area contributed by atoms with E-state index in [1.54, 1.807) is 0 Å². The van der Waals surface area contributed by atoms with E-state index in [0.717, 1.165) is 12.3 Å². The van der Waals surface area contributed by atoms with E-state index < -0.39 is 14.8 Å². The van der Waals surface area contributed by atoms with E-state index in [-0.39, 0.29) is 16.6 Å². The number of nitro groups is 1. The third kappa shape index (κ3) is 3.18. The molecular weight excluding hydrogens is 292 g/mol. The molecule has 21 heavy (non-hydrogen) atoms. The van der Waals surface area contributed by atoms with Crippen LogP contribution in [0, 0.1) is 22.0 Å². The molecule has 0 radical (unpaired) electrons. The molecule has 0 unspecified atom stereocenters. The van der Waals surface area contributed by atoms with Gasteiger partial charge >= 0.3 is 0 Å². The lowest BCUT2D eigenvalue weighted by molar-refractivity contribution is -0.384. The van der Waals surface area contributed by atoms with Crippen molar-refractivity contribution in [3.63, 3.8) is 0 Å². The minimum absolute atomic E-state index is 0.0193. The van der Waals surface area contributed by atoms with Crippen molar-refractivity contribution in [2.75, 3.05) is 11.6 Å². The van der Waals surface area contributed by atoms with Gasteiger partial charge in [-0.05, 0) is 49.7 Å². The van der Waals surface area contributed by atoms with Crippen LogP contribution >= 0.6 is 0 Å². The highest BCUT2D eigenvalue weighted by Gasteiger charge is 2.42. The van der Waals surface area contributed by atoms with Crippen LogP contribution in [0.3, 0.4) is 0 Å². The van der Waals surface area contributed by atoms with Gasteiger partial charge in [0.15, 0.2) is 9.84 Å². The fourth-order valence-corrected chi connectivity index (χ4v) is 3.37. The first-order valence-electron chi connectivity index (χ1n) is 7.11. The van der Waals surface area contributed by atoms with Gasteiger partial charge in [0.2, 0.25) is 0 Å². The topological polar surface area (TPSA) is 89.3 Å². The molecule has 114 valence electrons. The zero-order valence-electron chi connectivity index (χ0n) is 11.8. The molecule has 0 amide bonds. The van der Waals surface area contributed by atoms with Crippen LogP contribution in [0.25, 0.3) is 0 Å². The lowest BCUT2D eigenvalue weighted by atomic mass is 10.1. The average Bonchev–Trinajstić information content (AvgIpc) is 3.26. The number of nitrogens with one attached hydrogen (secondary N) is 1. The van der Waals surface area contributed by atoms with Gasteiger partial charge in [0.25, 0.3) is 5.69 Å². The molecule has 1 aromatic rings. The third-order valence-electron chi connectivity index (χ3n) is 4.18. The Labute approximate surface area is 123 Å². The summed E-state index contributed by atoms with van der Waals surface area (Å²) in [6.07, 6.45) is 5.73. The highest BCUT2D eigenvalue weighted by atomic mass is 32.2. The number of rotatable bonds is 6. The fraction of sp³-hybridized carbons (Fsp3) is 0.571. The predicted molar refractivity (Wildman–Crippen MR) is 79.1 cm³/mol. The van der Waals surface area contributed by atoms with E-state index in [4.69, 9.17) is 0 Å². The number of hydrogen-bond donors (Lipinski definition) is 1. The smallest absolute Gasteiger partial charge is 0.293 e. The second kappa shape index (κ2) is 4.98. The Hall–Kier alpha value is -1.63. The number of hydrogen-bond acceptors (Lipinski definition) is 5. The Bertz CT molecular complexity index is 666. The zero-order chi connectivity index (χ0) is 15.2. The van der Waals surface area contributed by atoms with E-state index in [9.17, 15) is 18.5 Å². The molecule has 1 N–H and O–H groups in total. The lowest BCUT2D eigenvalue weighted by Gasteiger charge is -2.19. The molecule has 2 aliphatic rings. The minimum atomic E-state index is -3.44. The molecule has 0 bridgehead atoms. The quantitative estimate of drug-likeness (QED) is 0.644. The van der Waals surface area contributed by atoms with Crippen LogP contribution in [0.4, 0.5) is 11.4 Å². The predicted octanol–water partition coefficient (Wildman–Crippen LogP) is 2.60. The van der Waals surface area contributed by atoms with E-state index in [2.05, 4.69) is 5.32 Å². The number of nitro benzene ring substituents is 1. The Morgan fingerprint density at radius 2 is 1.81 bits per heavy atom. The van der Waals surface area contributed by atoms with Gasteiger partial charge in [0, 0.05) is 18.4 Å². The SMILES string of the molecule is CS(=O)(=O)c1ccc(NC(C2CC2)C2CC2)c([N+](=O)[O-])c1. The maximum atomic E-state index is 11.5. The molecule has 0 heterocycles. The summed E-state index contributed by atoms with van der Waals surface area (Å²) in [6.45, 7) is 0. The summed E-state index contributed by atoms with van der Waals surface area (Å²) in [5.41, 5.74) is 0.264. The van der Waals surface area contributed by atoms with E-state index in [1.165, 1.54) is 37.8 Å². The Balaban J connectivity index is 1.91. The van der Waals surface area contributed by atoms with Gasteiger partial charge in [0.1, 0.15) is 5.69 Å². The van der Waals surface area contributed by atoms with Gasteiger partial charge in [0.05, 0.1) is 9.82 Å². The molecule has 2 aliphatic carbocycles. The Kier molecular flexibility index (Phi) is 3.39. The summed E-state index contributed by atoms with van der Waals surface area (Å²) < 4.78 is 23.1. The molecule has 6 nitrogen and oxygen atoms in total. The van der Waals surface area contributed by atoms with Gasteiger partial charge in [-0.3, -0.25) is 10.1 Å². The first kappa shape index (κ1) is 14.3. The molecule has 0 spiro atoms. The maximum Gasteiger partial charge on any atom is 0.293 e. The summed E-state index contributed by atoms with van der Waals surface area (Å²) >= 11 is 0. The summed E-state index contributed by atoms with van der Waals surface area (Å²) in [6, 6.07) is 4.38. The standard InChI is InChI=1S/C14H18N2O4S/c1-21(19,20)11-6-7-12(13(8-11)16(17)18)15-14(9-2-3-9)10-4-5-10/h6-10,14-15H,2-5H2,1H3. The van der Waals surface area contributed by atoms with Crippen LogP contribution in [0.5, 0.6) is 0 Å². The first-order valence-corrected chi connectivity index (χ1v) is 9.00. The molecule has 7 heteroatoms. The van der Waals surface area contributed by atoms with Crippen molar-refractivity contribution in [1.29, 1.82) is 0 Å². The monoisotopic (exact) mass is 310 g/mol. The van der Waals surface area contributed by atoms with Crippen LogP contribution in [0.2, 0.25) is 0 Å². The van der Waals surface area contributed by atoms with Crippen molar-refractivity contribution < 1.29 is 13.3 Å². The van der Waals surface area contributed by atoms with Gasteiger partial charge in [-0.1, -0.05) is 0 Å². The van der Waals surface area contributed by atoms with Crippen LogP contribution in [-0.2, 0) is 9.84 Å². The molecule has 0 aromatic heterocycles. The Morgan fingerprint density at radius 1 is 1.24 bits per heavy atom. The second-order valence-electron chi connectivity index (χ2n) is 6.05. The number of nitrogens with zero attached hydrogens (tertiary/aromatic N) is 1. The molecule has 0 atom stereocenters. The van der Waals surface area contributed by atoms with Gasteiger partial charge in [-0.15, -0.1) is 0 Å². The van der Waals surface area contributed by atoms with Crippen LogP contribution in [0.1, 0.15) is 25.7 Å². The number of anilines is 1. The third-order valence-corrected chi connectivity index (χ3v) is 5.29. The van der Waals surface area contributed by atoms with E-state index in [0.29, 0.717) is 17.5 Å². The molecular formula is C14H18N2O4S. The van der Waals surface area contributed by atoms with Crippen LogP contribution in [-0.4, -0.2) is 25.6 Å². The molecule has 0 saturated heterocycles. The molecule has 2 fully saturated rings. The summed E-state index contributed by atoms with van der Waals surface area (Å²) in [5, 5.41) is 14.5. The zero-order valence-corrected chi connectivity index (χ0v) is 12.6. The van der Waals surface area contributed by atoms with Crippen LogP contribution < -0.4 is 5.32 Å². The van der Waals surface area contributed by atoms with Crippen molar-refractivity contribution in [2.24, 2.45) is 11.8 Å². The highest BCUT2D eigenvalue weighted by Crippen LogP contribution is 2.46. The minimum Gasteiger partial charge on any atom is -0.376 e. The van der Waals surface area contributed by atoms with Crippen molar-refractivity contribution in [3.8, 4) is 0 Å². The highest BCUT2D eigenvalue weighted by molar-refractivity contribution is 7.90. The van der Waals surface area contributed by atoms with Crippen LogP contribution in [0.15, 0.2) is 23.1 Å². The molecule has 2 saturated carbocycles. The number of sulfone groups is 1.